The van der Waals surface area contributed by atoms with Gasteiger partial charge < -0.3 is 4.74 Å². The molecule has 0 fully saturated rings. The van der Waals surface area contributed by atoms with Crippen molar-refractivity contribution in [2.45, 2.75) is 6.92 Å². The molecule has 1 aromatic rings. The van der Waals surface area contributed by atoms with Gasteiger partial charge in [0.15, 0.2) is 0 Å². The number of esters is 1. The molecule has 15 heavy (non-hydrogen) atoms. The lowest BCUT2D eigenvalue weighted by atomic mass is 10.1. The number of carbonyl (C=O) groups excluding carboxylic acids is 2. The van der Waals surface area contributed by atoms with E-state index in [0.29, 0.717) is 18.5 Å². The monoisotopic (exact) mass is 204 g/mol. The van der Waals surface area contributed by atoms with Crippen molar-refractivity contribution in [2.24, 2.45) is 0 Å². The molecular weight excluding hydrogens is 192 g/mol. The summed E-state index contributed by atoms with van der Waals surface area (Å²) in [6.45, 7) is 2.02. The Morgan fingerprint density at radius 2 is 2.00 bits per heavy atom. The van der Waals surface area contributed by atoms with Gasteiger partial charge in [0.25, 0.3) is 0 Å². The van der Waals surface area contributed by atoms with Crippen LogP contribution in [-0.4, -0.2) is 18.9 Å². The van der Waals surface area contributed by atoms with E-state index in [1.807, 2.05) is 6.07 Å². The Kier molecular flexibility index (Phi) is 4.29. The third kappa shape index (κ3) is 3.06. The summed E-state index contributed by atoms with van der Waals surface area (Å²) in [6, 6.07) is 8.95. The van der Waals surface area contributed by atoms with Crippen molar-refractivity contribution in [3.8, 4) is 0 Å². The molecule has 0 spiro atoms. The van der Waals surface area contributed by atoms with Crippen LogP contribution in [0.4, 0.5) is 0 Å². The molecule has 0 radical (unpaired) electrons. The highest BCUT2D eigenvalue weighted by Gasteiger charge is 2.11. The van der Waals surface area contributed by atoms with E-state index in [-0.39, 0.29) is 5.57 Å². The zero-order valence-corrected chi connectivity index (χ0v) is 8.47. The Bertz CT molecular complexity index is 366. The molecule has 0 unspecified atom stereocenters. The summed E-state index contributed by atoms with van der Waals surface area (Å²) in [6.07, 6.45) is 1.80. The number of carbonyl (C=O) groups is 2. The van der Waals surface area contributed by atoms with Gasteiger partial charge >= 0.3 is 5.97 Å². The third-order valence-electron chi connectivity index (χ3n) is 1.81. The lowest BCUT2D eigenvalue weighted by molar-refractivity contribution is -0.136. The number of ether oxygens (including phenoxy) is 1. The lowest BCUT2D eigenvalue weighted by Gasteiger charge is -2.05. The fourth-order valence-corrected chi connectivity index (χ4v) is 1.18. The molecule has 0 aliphatic carbocycles. The minimum Gasteiger partial charge on any atom is -0.462 e. The molecule has 0 saturated heterocycles. The molecule has 0 aliphatic heterocycles. The van der Waals surface area contributed by atoms with Crippen molar-refractivity contribution >= 4 is 17.8 Å². The summed E-state index contributed by atoms with van der Waals surface area (Å²) in [7, 11) is 0. The predicted octanol–water partition coefficient (Wildman–Crippen LogP) is 1.83. The maximum Gasteiger partial charge on any atom is 0.338 e. The Morgan fingerprint density at radius 3 is 2.53 bits per heavy atom. The number of aldehydes is 1. The van der Waals surface area contributed by atoms with Gasteiger partial charge in [-0.25, -0.2) is 4.79 Å². The van der Waals surface area contributed by atoms with E-state index < -0.39 is 5.97 Å². The molecule has 3 nitrogen and oxygen atoms in total. The number of hydrogen-bond donors (Lipinski definition) is 0. The van der Waals surface area contributed by atoms with Crippen LogP contribution >= 0.6 is 0 Å². The minimum atomic E-state index is -0.476. The fourth-order valence-electron chi connectivity index (χ4n) is 1.18. The smallest absolute Gasteiger partial charge is 0.338 e. The van der Waals surface area contributed by atoms with E-state index in [9.17, 15) is 9.59 Å². The summed E-state index contributed by atoms with van der Waals surface area (Å²) < 4.78 is 4.84. The summed E-state index contributed by atoms with van der Waals surface area (Å²) in [5.74, 6) is -0.476. The molecule has 0 bridgehead atoms. The first kappa shape index (κ1) is 11.2. The molecule has 0 N–H and O–H groups in total. The van der Waals surface area contributed by atoms with Crippen LogP contribution in [0.3, 0.4) is 0 Å². The lowest BCUT2D eigenvalue weighted by Crippen LogP contribution is -2.07. The van der Waals surface area contributed by atoms with Gasteiger partial charge in [0.1, 0.15) is 6.29 Å². The molecule has 1 aromatic carbocycles. The van der Waals surface area contributed by atoms with Crippen LogP contribution in [0.5, 0.6) is 0 Å². The van der Waals surface area contributed by atoms with Gasteiger partial charge in [0.05, 0.1) is 12.2 Å². The molecule has 0 aliphatic rings. The van der Waals surface area contributed by atoms with Gasteiger partial charge in [0.2, 0.25) is 0 Å². The van der Waals surface area contributed by atoms with Gasteiger partial charge in [-0.05, 0) is 18.6 Å². The summed E-state index contributed by atoms with van der Waals surface area (Å²) in [5.41, 5.74) is 0.968. The van der Waals surface area contributed by atoms with Crippen molar-refractivity contribution in [3.05, 3.63) is 42.0 Å². The first-order valence-corrected chi connectivity index (χ1v) is 4.67. The molecule has 0 heterocycles. The summed E-state index contributed by atoms with van der Waals surface area (Å²) in [4.78, 5) is 21.9. The minimum absolute atomic E-state index is 0.285. The second kappa shape index (κ2) is 5.75. The van der Waals surface area contributed by atoms with Crippen LogP contribution in [0.15, 0.2) is 36.4 Å². The van der Waals surface area contributed by atoms with Crippen molar-refractivity contribution in [2.75, 3.05) is 6.61 Å². The Morgan fingerprint density at radius 1 is 1.33 bits per heavy atom. The zero-order valence-electron chi connectivity index (χ0n) is 8.47. The molecular formula is C12H12O3. The van der Waals surface area contributed by atoms with Gasteiger partial charge in [-0.3, -0.25) is 4.79 Å². The Balaban J connectivity index is 2.99. The van der Waals surface area contributed by atoms with Crippen LogP contribution in [0.2, 0.25) is 0 Å². The second-order valence-corrected chi connectivity index (χ2v) is 2.80. The molecule has 3 heteroatoms. The molecule has 1 rings (SSSR count). The first-order valence-electron chi connectivity index (χ1n) is 4.67. The van der Waals surface area contributed by atoms with Crippen LogP contribution < -0.4 is 0 Å². The van der Waals surface area contributed by atoms with Crippen LogP contribution in [0.25, 0.3) is 5.57 Å². The SMILES string of the molecule is CCOC(=O)C(=CC=O)c1ccccc1. The highest BCUT2D eigenvalue weighted by Crippen LogP contribution is 2.14. The predicted molar refractivity (Wildman–Crippen MR) is 57.1 cm³/mol. The van der Waals surface area contributed by atoms with E-state index in [2.05, 4.69) is 0 Å². The Hall–Kier alpha value is -1.90. The topological polar surface area (TPSA) is 43.4 Å². The summed E-state index contributed by atoms with van der Waals surface area (Å²) >= 11 is 0. The third-order valence-corrected chi connectivity index (χ3v) is 1.81. The molecule has 0 amide bonds. The average molecular weight is 204 g/mol. The van der Waals surface area contributed by atoms with Crippen molar-refractivity contribution < 1.29 is 14.3 Å². The van der Waals surface area contributed by atoms with Crippen molar-refractivity contribution in [3.63, 3.8) is 0 Å². The van der Waals surface area contributed by atoms with Gasteiger partial charge in [-0.15, -0.1) is 0 Å². The maximum absolute atomic E-state index is 11.5. The molecule has 0 atom stereocenters. The average Bonchev–Trinajstić information content (AvgIpc) is 2.27. The highest BCUT2D eigenvalue weighted by atomic mass is 16.5. The number of benzene rings is 1. The maximum atomic E-state index is 11.5. The number of allylic oxidation sites excluding steroid dienone is 1. The van der Waals surface area contributed by atoms with Crippen LogP contribution in [-0.2, 0) is 14.3 Å². The van der Waals surface area contributed by atoms with Crippen molar-refractivity contribution in [1.82, 2.24) is 0 Å². The quantitative estimate of drug-likeness (QED) is 0.427. The van der Waals surface area contributed by atoms with Crippen LogP contribution in [0, 0.1) is 0 Å². The zero-order chi connectivity index (χ0) is 11.1. The van der Waals surface area contributed by atoms with E-state index in [1.54, 1.807) is 31.2 Å². The molecule has 0 aromatic heterocycles. The highest BCUT2D eigenvalue weighted by molar-refractivity contribution is 6.19. The second-order valence-electron chi connectivity index (χ2n) is 2.80. The van der Waals surface area contributed by atoms with E-state index in [1.165, 1.54) is 6.08 Å². The first-order chi connectivity index (χ1) is 7.29. The fraction of sp³-hybridized carbons (Fsp3) is 0.167. The van der Waals surface area contributed by atoms with Crippen LogP contribution in [0.1, 0.15) is 12.5 Å². The largest absolute Gasteiger partial charge is 0.462 e. The standard InChI is InChI=1S/C12H12O3/c1-2-15-12(14)11(8-9-13)10-6-4-3-5-7-10/h3-9H,2H2,1H3. The van der Waals surface area contributed by atoms with Gasteiger partial charge in [0, 0.05) is 0 Å². The Labute approximate surface area is 88.4 Å². The van der Waals surface area contributed by atoms with E-state index in [4.69, 9.17) is 4.74 Å². The van der Waals surface area contributed by atoms with E-state index in [0.717, 1.165) is 0 Å². The summed E-state index contributed by atoms with van der Waals surface area (Å²) in [5, 5.41) is 0. The molecule has 0 saturated carbocycles. The van der Waals surface area contributed by atoms with Gasteiger partial charge in [-0.1, -0.05) is 30.3 Å². The molecule has 78 valence electrons. The van der Waals surface area contributed by atoms with E-state index >= 15 is 0 Å². The van der Waals surface area contributed by atoms with Crippen molar-refractivity contribution in [1.29, 1.82) is 0 Å². The number of rotatable bonds is 4. The normalized spacial score (nSPS) is 10.9. The number of hydrogen-bond acceptors (Lipinski definition) is 3. The van der Waals surface area contributed by atoms with Gasteiger partial charge in [-0.2, -0.15) is 0 Å².